The highest BCUT2D eigenvalue weighted by atomic mass is 28.4. The predicted molar refractivity (Wildman–Crippen MR) is 111 cm³/mol. The summed E-state index contributed by atoms with van der Waals surface area (Å²) in [6.45, 7) is 26.7. The van der Waals surface area contributed by atoms with E-state index in [0.717, 1.165) is 0 Å². The molecule has 0 spiro atoms. The molecule has 4 nitrogen and oxygen atoms in total. The van der Waals surface area contributed by atoms with E-state index in [0.29, 0.717) is 13.1 Å². The van der Waals surface area contributed by atoms with Crippen molar-refractivity contribution in [1.82, 2.24) is 9.96 Å². The molecule has 4 N–H and O–H groups in total. The molecule has 0 bridgehead atoms. The van der Waals surface area contributed by atoms with Crippen LogP contribution >= 0.6 is 0 Å². The van der Waals surface area contributed by atoms with Crippen LogP contribution in [-0.2, 0) is 0 Å². The summed E-state index contributed by atoms with van der Waals surface area (Å²) in [7, 11) is -5.39. The number of nitrogens with one attached hydrogen (secondary N) is 2. The minimum absolute atomic E-state index is 0.160. The lowest BCUT2D eigenvalue weighted by Gasteiger charge is -2.48. The molecule has 0 aliphatic rings. The topological polar surface area (TPSA) is 64.5 Å². The summed E-state index contributed by atoms with van der Waals surface area (Å²) in [6, 6.07) is 0. The maximum atomic E-state index is 11.4. The molecule has 0 atom stereocenters. The van der Waals surface area contributed by atoms with Crippen LogP contribution in [-0.4, -0.2) is 39.6 Å². The number of hydrogen-bond acceptors (Lipinski definition) is 4. The molecule has 0 aromatic carbocycles. The van der Waals surface area contributed by atoms with E-state index in [2.05, 4.69) is 93.0 Å². The lowest BCUT2D eigenvalue weighted by Crippen LogP contribution is -2.67. The first-order valence-electron chi connectivity index (χ1n) is 9.15. The summed E-state index contributed by atoms with van der Waals surface area (Å²) in [4.78, 5) is 29.8. The summed E-state index contributed by atoms with van der Waals surface area (Å²) in [5.41, 5.74) is 0. The number of rotatable bonds is 5. The monoisotopic (exact) mass is 376 g/mol. The molecular weight excluding hydrogens is 332 g/mol. The maximum absolute atomic E-state index is 11.4. The Hall–Kier alpha value is 0.274. The lowest BCUT2D eigenvalue weighted by atomic mass is 10.2. The third kappa shape index (κ3) is 4.92. The molecule has 0 fully saturated rings. The van der Waals surface area contributed by atoms with Crippen LogP contribution in [0.2, 0.25) is 20.2 Å². The average molecular weight is 377 g/mol. The first-order valence-corrected chi connectivity index (χ1v) is 13.0. The van der Waals surface area contributed by atoms with Crippen LogP contribution in [0.25, 0.3) is 0 Å². The van der Waals surface area contributed by atoms with Gasteiger partial charge in [-0.3, -0.25) is 0 Å². The van der Waals surface area contributed by atoms with E-state index in [1.807, 2.05) is 0 Å². The Balaban J connectivity index is 5.11. The fraction of sp³-hybridized carbons (Fsp3) is 1.00. The lowest BCUT2D eigenvalue weighted by molar-refractivity contribution is 0.377. The van der Waals surface area contributed by atoms with Gasteiger partial charge in [0.15, 0.2) is 0 Å². The van der Waals surface area contributed by atoms with E-state index < -0.39 is 17.0 Å². The third-order valence-electron chi connectivity index (χ3n) is 5.23. The summed E-state index contributed by atoms with van der Waals surface area (Å²) >= 11 is 0. The highest BCUT2D eigenvalue weighted by Crippen LogP contribution is 2.48. The van der Waals surface area contributed by atoms with E-state index in [9.17, 15) is 9.59 Å². The molecule has 6 heteroatoms. The van der Waals surface area contributed by atoms with Gasteiger partial charge in [-0.05, 0) is 20.2 Å². The Kier molecular flexibility index (Phi) is 7.20. The van der Waals surface area contributed by atoms with Crippen molar-refractivity contribution < 1.29 is 9.59 Å². The van der Waals surface area contributed by atoms with Crippen LogP contribution in [0.4, 0.5) is 0 Å². The maximum Gasteiger partial charge on any atom is 0.276 e. The van der Waals surface area contributed by atoms with Gasteiger partial charge < -0.3 is 19.6 Å². The van der Waals surface area contributed by atoms with Crippen LogP contribution in [0.5, 0.6) is 0 Å². The summed E-state index contributed by atoms with van der Waals surface area (Å²) in [6.07, 6.45) is 0. The van der Waals surface area contributed by atoms with Crippen molar-refractivity contribution in [3.8, 4) is 0 Å². The van der Waals surface area contributed by atoms with Crippen molar-refractivity contribution in [3.63, 3.8) is 0 Å². The van der Waals surface area contributed by atoms with Gasteiger partial charge in [-0.1, -0.05) is 83.1 Å². The summed E-state index contributed by atoms with van der Waals surface area (Å²) in [5.74, 6) is 0. The second kappa shape index (κ2) is 7.12. The van der Waals surface area contributed by atoms with Crippen LogP contribution in [0, 0.1) is 0 Å². The van der Waals surface area contributed by atoms with Crippen LogP contribution < -0.4 is 9.96 Å². The Morgan fingerprint density at radius 3 is 0.792 bits per heavy atom. The van der Waals surface area contributed by atoms with Crippen molar-refractivity contribution >= 4 is 17.0 Å². The number of hydrogen-bond donors (Lipinski definition) is 4. The second-order valence-electron chi connectivity index (χ2n) is 11.3. The van der Waals surface area contributed by atoms with Gasteiger partial charge in [0.1, 0.15) is 0 Å². The van der Waals surface area contributed by atoms with Gasteiger partial charge in [-0.25, -0.2) is 0 Å². The van der Waals surface area contributed by atoms with Crippen molar-refractivity contribution in [1.29, 1.82) is 0 Å². The quantitative estimate of drug-likeness (QED) is 0.428. The van der Waals surface area contributed by atoms with E-state index >= 15 is 0 Å². The largest absolute Gasteiger partial charge is 0.419 e. The Labute approximate surface area is 153 Å². The van der Waals surface area contributed by atoms with Gasteiger partial charge in [0, 0.05) is 13.1 Å². The molecule has 0 heterocycles. The Morgan fingerprint density at radius 2 is 0.667 bits per heavy atom. The van der Waals surface area contributed by atoms with Crippen LogP contribution in [0.3, 0.4) is 0 Å². The third-order valence-corrected chi connectivity index (χ3v) is 15.4. The molecule has 0 saturated heterocycles. The van der Waals surface area contributed by atoms with Crippen molar-refractivity contribution in [2.75, 3.05) is 13.1 Å². The first-order chi connectivity index (χ1) is 10.2. The van der Waals surface area contributed by atoms with Crippen molar-refractivity contribution in [2.24, 2.45) is 0 Å². The molecule has 0 unspecified atom stereocenters. The van der Waals surface area contributed by atoms with Gasteiger partial charge in [-0.15, -0.1) is 0 Å². The second-order valence-corrected chi connectivity index (χ2v) is 20.8. The fourth-order valence-corrected chi connectivity index (χ4v) is 11.4. The molecule has 0 radical (unpaired) electrons. The zero-order valence-corrected chi connectivity index (χ0v) is 20.3. The predicted octanol–water partition coefficient (Wildman–Crippen LogP) is 4.24. The van der Waals surface area contributed by atoms with Crippen LogP contribution in [0.1, 0.15) is 83.1 Å². The Morgan fingerprint density at radius 1 is 0.500 bits per heavy atom. The van der Waals surface area contributed by atoms with E-state index in [-0.39, 0.29) is 20.2 Å². The standard InChI is InChI=1S/C18H44N2O2Si2/c1-15(2,3)23(21,16(4,5)6)19-13-14-20-24(22,17(7,8)9)18(10,11)12/h19-22H,13-14H2,1-12H3. The zero-order chi connectivity index (χ0) is 19.8. The normalized spacial score (nSPS) is 15.8. The van der Waals surface area contributed by atoms with Crippen LogP contribution in [0.15, 0.2) is 0 Å². The van der Waals surface area contributed by atoms with E-state index in [1.54, 1.807) is 0 Å². The SMILES string of the molecule is CC(C)(C)[Si](O)(NCCN[Si](O)(C(C)(C)C)C(C)(C)C)C(C)(C)C. The summed E-state index contributed by atoms with van der Waals surface area (Å²) < 4.78 is 0. The molecule has 0 rings (SSSR count). The van der Waals surface area contributed by atoms with Gasteiger partial charge in [0.05, 0.1) is 0 Å². The van der Waals surface area contributed by atoms with Gasteiger partial charge >= 0.3 is 0 Å². The average Bonchev–Trinajstić information content (AvgIpc) is 2.28. The molecular formula is C18H44N2O2Si2. The van der Waals surface area contributed by atoms with Crippen molar-refractivity contribution in [3.05, 3.63) is 0 Å². The molecule has 0 saturated carbocycles. The smallest absolute Gasteiger partial charge is 0.276 e. The first kappa shape index (κ1) is 24.3. The summed E-state index contributed by atoms with van der Waals surface area (Å²) in [5, 5.41) is -0.639. The highest BCUT2D eigenvalue weighted by molar-refractivity contribution is 6.76. The molecule has 24 heavy (non-hydrogen) atoms. The van der Waals surface area contributed by atoms with E-state index in [1.165, 1.54) is 0 Å². The molecule has 146 valence electrons. The zero-order valence-electron chi connectivity index (χ0n) is 18.3. The molecule has 0 amide bonds. The molecule has 0 aromatic rings. The minimum atomic E-state index is -2.70. The van der Waals surface area contributed by atoms with Gasteiger partial charge in [0.25, 0.3) is 17.0 Å². The van der Waals surface area contributed by atoms with Gasteiger partial charge in [0.2, 0.25) is 0 Å². The van der Waals surface area contributed by atoms with Gasteiger partial charge in [-0.2, -0.15) is 0 Å². The molecule has 0 aliphatic carbocycles. The van der Waals surface area contributed by atoms with Crippen molar-refractivity contribution in [2.45, 2.75) is 103 Å². The fourth-order valence-electron chi connectivity index (χ4n) is 3.80. The molecule has 0 aromatic heterocycles. The van der Waals surface area contributed by atoms with E-state index in [4.69, 9.17) is 0 Å². The Bertz CT molecular complexity index is 345. The minimum Gasteiger partial charge on any atom is -0.419 e. The molecule has 0 aliphatic heterocycles. The highest BCUT2D eigenvalue weighted by Gasteiger charge is 2.54.